The van der Waals surface area contributed by atoms with Gasteiger partial charge in [-0.3, -0.25) is 0 Å². The van der Waals surface area contributed by atoms with Crippen molar-refractivity contribution in [2.24, 2.45) is 11.8 Å². The number of nitrogen functional groups attached to an aromatic ring is 1. The van der Waals surface area contributed by atoms with Crippen molar-refractivity contribution in [3.05, 3.63) is 22.2 Å². The van der Waals surface area contributed by atoms with E-state index in [1.165, 1.54) is 12.1 Å². The number of nitrogens with two attached hydrogens (primary N) is 1. The molecule has 1 saturated carbocycles. The number of nitrogens with one attached hydrogen (secondary N) is 1. The lowest BCUT2D eigenvalue weighted by atomic mass is 9.83. The molecule has 7 heteroatoms. The molecule has 0 unspecified atom stereocenters. The monoisotopic (exact) mass is 350 g/mol. The van der Waals surface area contributed by atoms with Gasteiger partial charge in [0, 0.05) is 12.2 Å². The van der Waals surface area contributed by atoms with Crippen LogP contribution in [0.2, 0.25) is 10.0 Å². The molecule has 0 bridgehead atoms. The van der Waals surface area contributed by atoms with Crippen molar-refractivity contribution < 1.29 is 8.42 Å². The molecular formula is C14H20Cl2N2O2S. The van der Waals surface area contributed by atoms with Gasteiger partial charge in [0.15, 0.2) is 0 Å². The van der Waals surface area contributed by atoms with Gasteiger partial charge in [0.2, 0.25) is 10.0 Å². The highest BCUT2D eigenvalue weighted by Crippen LogP contribution is 2.32. The van der Waals surface area contributed by atoms with Crippen LogP contribution in [-0.2, 0) is 10.0 Å². The summed E-state index contributed by atoms with van der Waals surface area (Å²) in [5, 5.41) is 0.0922. The van der Waals surface area contributed by atoms with Gasteiger partial charge in [0.1, 0.15) is 4.90 Å². The average Bonchev–Trinajstić information content (AvgIpc) is 2.36. The van der Waals surface area contributed by atoms with E-state index in [1.807, 2.05) is 0 Å². The third-order valence-electron chi connectivity index (χ3n) is 3.99. The van der Waals surface area contributed by atoms with Crippen molar-refractivity contribution in [3.8, 4) is 0 Å². The molecule has 0 amide bonds. The molecule has 1 aliphatic carbocycles. The van der Waals surface area contributed by atoms with Gasteiger partial charge in [-0.2, -0.15) is 0 Å². The smallest absolute Gasteiger partial charge is 0.243 e. The molecule has 0 saturated heterocycles. The van der Waals surface area contributed by atoms with Gasteiger partial charge in [-0.15, -0.1) is 0 Å². The Morgan fingerprint density at radius 1 is 1.19 bits per heavy atom. The summed E-state index contributed by atoms with van der Waals surface area (Å²) in [6, 6.07) is 2.79. The van der Waals surface area contributed by atoms with Crippen LogP contribution in [0.25, 0.3) is 0 Å². The highest BCUT2D eigenvalue weighted by molar-refractivity contribution is 7.89. The first-order chi connectivity index (χ1) is 9.79. The van der Waals surface area contributed by atoms with Gasteiger partial charge in [-0.05, 0) is 36.8 Å². The van der Waals surface area contributed by atoms with Crippen LogP contribution in [0.4, 0.5) is 5.69 Å². The lowest BCUT2D eigenvalue weighted by Gasteiger charge is -2.26. The van der Waals surface area contributed by atoms with Crippen LogP contribution in [0.15, 0.2) is 17.0 Å². The van der Waals surface area contributed by atoms with Crippen LogP contribution < -0.4 is 10.5 Å². The highest BCUT2D eigenvalue weighted by Gasteiger charge is 2.25. The first-order valence-corrected chi connectivity index (χ1v) is 9.27. The lowest BCUT2D eigenvalue weighted by Crippen LogP contribution is -2.31. The van der Waals surface area contributed by atoms with Crippen molar-refractivity contribution in [1.82, 2.24) is 4.72 Å². The van der Waals surface area contributed by atoms with Crippen molar-refractivity contribution in [3.63, 3.8) is 0 Å². The number of benzene rings is 1. The van der Waals surface area contributed by atoms with Crippen LogP contribution >= 0.6 is 23.2 Å². The summed E-state index contributed by atoms with van der Waals surface area (Å²) in [4.78, 5) is -0.0933. The third-order valence-corrected chi connectivity index (χ3v) is 6.33. The second-order valence-electron chi connectivity index (χ2n) is 5.79. The van der Waals surface area contributed by atoms with Crippen molar-refractivity contribution >= 4 is 38.9 Å². The molecule has 0 heterocycles. The molecular weight excluding hydrogens is 331 g/mol. The largest absolute Gasteiger partial charge is 0.399 e. The molecule has 4 nitrogen and oxygen atoms in total. The summed E-state index contributed by atoms with van der Waals surface area (Å²) in [6.45, 7) is 2.65. The van der Waals surface area contributed by atoms with E-state index in [0.717, 1.165) is 31.6 Å². The normalized spacial score (nSPS) is 23.2. The van der Waals surface area contributed by atoms with Gasteiger partial charge in [-0.25, -0.2) is 13.1 Å². The van der Waals surface area contributed by atoms with Crippen LogP contribution in [0.1, 0.15) is 32.6 Å². The summed E-state index contributed by atoms with van der Waals surface area (Å²) in [7, 11) is -3.72. The Kier molecular flexibility index (Phi) is 5.41. The van der Waals surface area contributed by atoms with E-state index < -0.39 is 10.0 Å². The summed E-state index contributed by atoms with van der Waals surface area (Å²) in [5.74, 6) is 1.11. The molecule has 0 radical (unpaired) electrons. The number of anilines is 1. The maximum atomic E-state index is 12.4. The minimum atomic E-state index is -3.72. The molecule has 21 heavy (non-hydrogen) atoms. The quantitative estimate of drug-likeness (QED) is 0.813. The fourth-order valence-electron chi connectivity index (χ4n) is 2.67. The lowest BCUT2D eigenvalue weighted by molar-refractivity contribution is 0.290. The standard InChI is InChI=1S/C14H20Cl2N2O2S/c1-9-2-4-10(5-3-9)8-18-21(19,20)14-12(15)6-11(17)7-13(14)16/h6-7,9-10,18H,2-5,8,17H2,1H3. The Balaban J connectivity index is 2.09. The number of hydrogen-bond acceptors (Lipinski definition) is 3. The van der Waals surface area contributed by atoms with Gasteiger partial charge in [-0.1, -0.05) is 43.0 Å². The van der Waals surface area contributed by atoms with Crippen LogP contribution in [-0.4, -0.2) is 15.0 Å². The van der Waals surface area contributed by atoms with Crippen molar-refractivity contribution in [2.45, 2.75) is 37.5 Å². The molecule has 118 valence electrons. The van der Waals surface area contributed by atoms with E-state index in [4.69, 9.17) is 28.9 Å². The Bertz CT molecular complexity index is 588. The molecule has 3 N–H and O–H groups in total. The van der Waals surface area contributed by atoms with E-state index in [1.54, 1.807) is 0 Å². The molecule has 0 aromatic heterocycles. The Labute approximate surface area is 136 Å². The van der Waals surface area contributed by atoms with Crippen LogP contribution in [0.3, 0.4) is 0 Å². The third kappa shape index (κ3) is 4.25. The number of hydrogen-bond donors (Lipinski definition) is 2. The van der Waals surface area contributed by atoms with Gasteiger partial charge in [0.25, 0.3) is 0 Å². The first kappa shape index (κ1) is 16.9. The summed E-state index contributed by atoms with van der Waals surface area (Å²) in [6.07, 6.45) is 4.39. The minimum Gasteiger partial charge on any atom is -0.399 e. The highest BCUT2D eigenvalue weighted by atomic mass is 35.5. The van der Waals surface area contributed by atoms with E-state index in [2.05, 4.69) is 11.6 Å². The molecule has 0 atom stereocenters. The molecule has 1 aliphatic rings. The SMILES string of the molecule is CC1CCC(CNS(=O)(=O)c2c(Cl)cc(N)cc2Cl)CC1. The molecule has 0 spiro atoms. The number of sulfonamides is 1. The number of halogens is 2. The van der Waals surface area contributed by atoms with E-state index in [9.17, 15) is 8.42 Å². The van der Waals surface area contributed by atoms with Crippen molar-refractivity contribution in [1.29, 1.82) is 0 Å². The number of rotatable bonds is 4. The maximum absolute atomic E-state index is 12.4. The average molecular weight is 351 g/mol. The molecule has 1 fully saturated rings. The van der Waals surface area contributed by atoms with Crippen LogP contribution in [0.5, 0.6) is 0 Å². The maximum Gasteiger partial charge on any atom is 0.243 e. The van der Waals surface area contributed by atoms with Crippen LogP contribution in [0, 0.1) is 11.8 Å². The second-order valence-corrected chi connectivity index (χ2v) is 8.31. The zero-order chi connectivity index (χ0) is 15.6. The molecule has 1 aromatic rings. The zero-order valence-corrected chi connectivity index (χ0v) is 14.2. The molecule has 2 rings (SSSR count). The summed E-state index contributed by atoms with van der Waals surface area (Å²) < 4.78 is 27.4. The van der Waals surface area contributed by atoms with E-state index in [0.29, 0.717) is 18.2 Å². The fourth-order valence-corrected chi connectivity index (χ4v) is 5.01. The van der Waals surface area contributed by atoms with E-state index in [-0.39, 0.29) is 14.9 Å². The zero-order valence-electron chi connectivity index (χ0n) is 11.9. The fraction of sp³-hybridized carbons (Fsp3) is 0.571. The minimum absolute atomic E-state index is 0.0461. The van der Waals surface area contributed by atoms with E-state index >= 15 is 0 Å². The van der Waals surface area contributed by atoms with Gasteiger partial charge >= 0.3 is 0 Å². The Hall–Kier alpha value is -0.490. The Morgan fingerprint density at radius 3 is 2.24 bits per heavy atom. The topological polar surface area (TPSA) is 72.2 Å². The second kappa shape index (κ2) is 6.73. The van der Waals surface area contributed by atoms with Gasteiger partial charge in [0.05, 0.1) is 10.0 Å². The van der Waals surface area contributed by atoms with Crippen molar-refractivity contribution in [2.75, 3.05) is 12.3 Å². The summed E-state index contributed by atoms with van der Waals surface area (Å²) in [5.41, 5.74) is 5.93. The van der Waals surface area contributed by atoms with Gasteiger partial charge < -0.3 is 5.73 Å². The first-order valence-electron chi connectivity index (χ1n) is 7.04. The Morgan fingerprint density at radius 2 is 1.71 bits per heavy atom. The molecule has 0 aliphatic heterocycles. The molecule has 1 aromatic carbocycles. The predicted molar refractivity (Wildman–Crippen MR) is 87.2 cm³/mol. The summed E-state index contributed by atoms with van der Waals surface area (Å²) >= 11 is 12.0. The predicted octanol–water partition coefficient (Wildman–Crippen LogP) is 3.68.